The zero-order valence-electron chi connectivity index (χ0n) is 13.3. The van der Waals surface area contributed by atoms with Crippen molar-refractivity contribution in [1.29, 1.82) is 0 Å². The number of hydrogen-bond acceptors (Lipinski definition) is 2. The summed E-state index contributed by atoms with van der Waals surface area (Å²) in [6, 6.07) is 10.7. The van der Waals surface area contributed by atoms with E-state index in [0.717, 1.165) is 25.5 Å². The van der Waals surface area contributed by atoms with Gasteiger partial charge in [0.1, 0.15) is 0 Å². The zero-order chi connectivity index (χ0) is 15.1. The van der Waals surface area contributed by atoms with E-state index < -0.39 is 0 Å². The van der Waals surface area contributed by atoms with Gasteiger partial charge in [-0.25, -0.2) is 0 Å². The summed E-state index contributed by atoms with van der Waals surface area (Å²) in [7, 11) is 1.81. The quantitative estimate of drug-likeness (QED) is 0.427. The van der Waals surface area contributed by atoms with E-state index in [1.165, 1.54) is 21.6 Å². The lowest BCUT2D eigenvalue weighted by Gasteiger charge is -2.13. The van der Waals surface area contributed by atoms with E-state index >= 15 is 0 Å². The first-order valence-corrected chi connectivity index (χ1v) is 8.16. The monoisotopic (exact) mass is 429 g/mol. The van der Waals surface area contributed by atoms with Gasteiger partial charge in [0.2, 0.25) is 0 Å². The number of nitrogens with one attached hydrogen (secondary N) is 2. The second-order valence-electron chi connectivity index (χ2n) is 4.93. The first-order valence-electron chi connectivity index (χ1n) is 7.28. The number of thiophene rings is 1. The molecule has 0 aliphatic rings. The van der Waals surface area contributed by atoms with Crippen molar-refractivity contribution in [1.82, 2.24) is 10.6 Å². The number of benzene rings is 1. The van der Waals surface area contributed by atoms with Gasteiger partial charge in [-0.1, -0.05) is 31.2 Å². The van der Waals surface area contributed by atoms with E-state index in [1.54, 1.807) is 11.3 Å². The first-order chi connectivity index (χ1) is 10.2. The van der Waals surface area contributed by atoms with Crippen LogP contribution >= 0.6 is 35.3 Å². The van der Waals surface area contributed by atoms with Crippen molar-refractivity contribution in [2.75, 3.05) is 7.05 Å². The number of guanidine groups is 1. The summed E-state index contributed by atoms with van der Waals surface area (Å²) in [6.07, 6.45) is 1.05. The standard InChI is InChI=1S/C17H23N3S.HI/c1-4-14-7-5-6-8-15(14)11-19-17(18-3)20-12-16-13(2)9-10-21-16;/h5-10H,4,11-12H2,1-3H3,(H2,18,19,20);1H. The summed E-state index contributed by atoms with van der Waals surface area (Å²) in [5, 5.41) is 8.88. The summed E-state index contributed by atoms with van der Waals surface area (Å²) in [5.41, 5.74) is 4.05. The molecule has 22 heavy (non-hydrogen) atoms. The molecule has 2 N–H and O–H groups in total. The van der Waals surface area contributed by atoms with Gasteiger partial charge in [-0.15, -0.1) is 35.3 Å². The van der Waals surface area contributed by atoms with E-state index in [1.807, 2.05) is 7.05 Å². The number of aryl methyl sites for hydroxylation is 2. The molecule has 0 fully saturated rings. The Hall–Kier alpha value is -1.08. The summed E-state index contributed by atoms with van der Waals surface area (Å²) in [6.45, 7) is 5.94. The molecular weight excluding hydrogens is 405 g/mol. The average Bonchev–Trinajstić information content (AvgIpc) is 2.93. The average molecular weight is 429 g/mol. The van der Waals surface area contributed by atoms with E-state index in [4.69, 9.17) is 0 Å². The van der Waals surface area contributed by atoms with Crippen LogP contribution in [0.1, 0.15) is 28.5 Å². The minimum absolute atomic E-state index is 0. The van der Waals surface area contributed by atoms with Crippen LogP contribution in [0.2, 0.25) is 0 Å². The van der Waals surface area contributed by atoms with Crippen molar-refractivity contribution in [3.8, 4) is 0 Å². The maximum absolute atomic E-state index is 4.29. The molecule has 2 rings (SSSR count). The number of halogens is 1. The summed E-state index contributed by atoms with van der Waals surface area (Å²) < 4.78 is 0. The molecule has 1 aromatic heterocycles. The van der Waals surface area contributed by atoms with Crippen molar-refractivity contribution in [2.45, 2.75) is 33.4 Å². The molecule has 0 radical (unpaired) electrons. The largest absolute Gasteiger partial charge is 0.352 e. The molecule has 0 amide bonds. The van der Waals surface area contributed by atoms with E-state index in [9.17, 15) is 0 Å². The van der Waals surface area contributed by atoms with Crippen LogP contribution in [0.3, 0.4) is 0 Å². The summed E-state index contributed by atoms with van der Waals surface area (Å²) in [4.78, 5) is 5.64. The van der Waals surface area contributed by atoms with Crippen LogP contribution in [0.4, 0.5) is 0 Å². The number of aliphatic imine (C=N–C) groups is 1. The van der Waals surface area contributed by atoms with Gasteiger partial charge in [0.25, 0.3) is 0 Å². The second kappa shape index (κ2) is 9.84. The fraction of sp³-hybridized carbons (Fsp3) is 0.353. The lowest BCUT2D eigenvalue weighted by molar-refractivity contribution is 0.807. The maximum Gasteiger partial charge on any atom is 0.191 e. The third-order valence-corrected chi connectivity index (χ3v) is 4.58. The number of hydrogen-bond donors (Lipinski definition) is 2. The highest BCUT2D eigenvalue weighted by atomic mass is 127. The highest BCUT2D eigenvalue weighted by Gasteiger charge is 2.04. The van der Waals surface area contributed by atoms with Crippen LogP contribution in [0.15, 0.2) is 40.7 Å². The van der Waals surface area contributed by atoms with Crippen LogP contribution in [0, 0.1) is 6.92 Å². The second-order valence-corrected chi connectivity index (χ2v) is 5.93. The minimum atomic E-state index is 0. The maximum atomic E-state index is 4.29. The topological polar surface area (TPSA) is 36.4 Å². The van der Waals surface area contributed by atoms with E-state index in [0.29, 0.717) is 0 Å². The first kappa shape index (κ1) is 19.0. The van der Waals surface area contributed by atoms with Gasteiger partial charge in [-0.05, 0) is 41.5 Å². The van der Waals surface area contributed by atoms with E-state index in [-0.39, 0.29) is 24.0 Å². The Morgan fingerprint density at radius 3 is 2.36 bits per heavy atom. The molecule has 0 atom stereocenters. The van der Waals surface area contributed by atoms with Crippen LogP contribution < -0.4 is 10.6 Å². The molecular formula is C17H24IN3S. The van der Waals surface area contributed by atoms with Gasteiger partial charge >= 0.3 is 0 Å². The van der Waals surface area contributed by atoms with Gasteiger partial charge in [-0.2, -0.15) is 0 Å². The van der Waals surface area contributed by atoms with Crippen LogP contribution in [0.25, 0.3) is 0 Å². The molecule has 0 aliphatic heterocycles. The molecule has 5 heteroatoms. The third kappa shape index (κ3) is 5.28. The predicted octanol–water partition coefficient (Wildman–Crippen LogP) is 4.10. The van der Waals surface area contributed by atoms with Crippen molar-refractivity contribution in [3.63, 3.8) is 0 Å². The highest BCUT2D eigenvalue weighted by molar-refractivity contribution is 14.0. The van der Waals surface area contributed by atoms with Crippen molar-refractivity contribution in [3.05, 3.63) is 57.3 Å². The molecule has 0 aliphatic carbocycles. The third-order valence-electron chi connectivity index (χ3n) is 3.55. The molecule has 0 saturated carbocycles. The Labute approximate surface area is 154 Å². The van der Waals surface area contributed by atoms with Gasteiger partial charge in [0, 0.05) is 18.5 Å². The normalized spacial score (nSPS) is 11.0. The SMILES string of the molecule is CCc1ccccc1CNC(=NC)NCc1sccc1C.I. The van der Waals surface area contributed by atoms with Crippen molar-refractivity contribution < 1.29 is 0 Å². The molecule has 0 unspecified atom stereocenters. The molecule has 3 nitrogen and oxygen atoms in total. The van der Waals surface area contributed by atoms with Crippen molar-refractivity contribution >= 4 is 41.3 Å². The van der Waals surface area contributed by atoms with Gasteiger partial charge in [0.05, 0.1) is 6.54 Å². The Bertz CT molecular complexity index is 607. The molecule has 120 valence electrons. The molecule has 0 spiro atoms. The Morgan fingerprint density at radius 2 is 1.77 bits per heavy atom. The van der Waals surface area contributed by atoms with Crippen LogP contribution in [-0.4, -0.2) is 13.0 Å². The Balaban J connectivity index is 0.00000242. The molecule has 1 heterocycles. The molecule has 2 aromatic rings. The Morgan fingerprint density at radius 1 is 1.09 bits per heavy atom. The fourth-order valence-electron chi connectivity index (χ4n) is 2.22. The molecule has 0 bridgehead atoms. The molecule has 0 saturated heterocycles. The smallest absolute Gasteiger partial charge is 0.191 e. The number of rotatable bonds is 5. The minimum Gasteiger partial charge on any atom is -0.352 e. The summed E-state index contributed by atoms with van der Waals surface area (Å²) >= 11 is 1.78. The molecule has 1 aromatic carbocycles. The Kier molecular flexibility index (Phi) is 8.48. The fourth-order valence-corrected chi connectivity index (χ4v) is 3.07. The lowest BCUT2D eigenvalue weighted by Crippen LogP contribution is -2.36. The number of nitrogens with zero attached hydrogens (tertiary/aromatic N) is 1. The van der Waals surface area contributed by atoms with E-state index in [2.05, 4.69) is 65.2 Å². The zero-order valence-corrected chi connectivity index (χ0v) is 16.5. The van der Waals surface area contributed by atoms with Crippen LogP contribution in [-0.2, 0) is 19.5 Å². The summed E-state index contributed by atoms with van der Waals surface area (Å²) in [5.74, 6) is 0.841. The van der Waals surface area contributed by atoms with Gasteiger partial charge in [-0.3, -0.25) is 4.99 Å². The van der Waals surface area contributed by atoms with Crippen LogP contribution in [0.5, 0.6) is 0 Å². The van der Waals surface area contributed by atoms with Gasteiger partial charge in [0.15, 0.2) is 5.96 Å². The lowest BCUT2D eigenvalue weighted by atomic mass is 10.1. The highest BCUT2D eigenvalue weighted by Crippen LogP contribution is 2.14. The van der Waals surface area contributed by atoms with Crippen molar-refractivity contribution in [2.24, 2.45) is 4.99 Å². The predicted molar refractivity (Wildman–Crippen MR) is 107 cm³/mol. The van der Waals surface area contributed by atoms with Gasteiger partial charge < -0.3 is 10.6 Å².